The van der Waals surface area contributed by atoms with Crippen molar-refractivity contribution < 1.29 is 9.53 Å². The van der Waals surface area contributed by atoms with E-state index in [-0.39, 0.29) is 18.3 Å². The van der Waals surface area contributed by atoms with Crippen molar-refractivity contribution in [1.82, 2.24) is 9.88 Å². The van der Waals surface area contributed by atoms with Crippen molar-refractivity contribution >= 4 is 45.0 Å². The maximum Gasteiger partial charge on any atom is 0.233 e. The third-order valence-electron chi connectivity index (χ3n) is 4.82. The molecule has 0 fully saturated rings. The van der Waals surface area contributed by atoms with E-state index in [9.17, 15) is 4.79 Å². The molecule has 0 saturated carbocycles. The number of halogens is 1. The standard InChI is InChI=1S/C22H27N3O2S.ClH/c1-15-9-10-17(13-16(15)2)14-20(26)25(12-11-24(3)4)22-23-21-18(27-5)7-6-8-19(21)28-22;/h6-10,13H,11-12,14H2,1-5H3;1H. The van der Waals surface area contributed by atoms with Gasteiger partial charge in [-0.3, -0.25) is 9.69 Å². The first-order valence-corrected chi connectivity index (χ1v) is 10.2. The number of carbonyl (C=O) groups excluding carboxylic acids is 1. The summed E-state index contributed by atoms with van der Waals surface area (Å²) in [6.07, 6.45) is 0.363. The number of anilines is 1. The van der Waals surface area contributed by atoms with Gasteiger partial charge in [0.2, 0.25) is 5.91 Å². The number of aromatic nitrogens is 1. The third kappa shape index (κ3) is 5.47. The number of nitrogens with zero attached hydrogens (tertiary/aromatic N) is 3. The summed E-state index contributed by atoms with van der Waals surface area (Å²) >= 11 is 1.53. The number of methoxy groups -OCH3 is 1. The first-order chi connectivity index (χ1) is 13.4. The molecule has 3 aromatic rings. The second-order valence-electron chi connectivity index (χ2n) is 7.25. The summed E-state index contributed by atoms with van der Waals surface area (Å²) in [6.45, 7) is 5.52. The van der Waals surface area contributed by atoms with Gasteiger partial charge in [0.15, 0.2) is 5.13 Å². The van der Waals surface area contributed by atoms with E-state index in [4.69, 9.17) is 9.72 Å². The minimum atomic E-state index is 0. The van der Waals surface area contributed by atoms with Crippen molar-refractivity contribution in [3.8, 4) is 5.75 Å². The molecule has 0 aliphatic carbocycles. The van der Waals surface area contributed by atoms with Crippen molar-refractivity contribution in [1.29, 1.82) is 0 Å². The van der Waals surface area contributed by atoms with E-state index >= 15 is 0 Å². The molecule has 0 atom stereocenters. The molecule has 0 saturated heterocycles. The molecule has 1 heterocycles. The number of para-hydroxylation sites is 1. The summed E-state index contributed by atoms with van der Waals surface area (Å²) in [4.78, 5) is 21.8. The first kappa shape index (κ1) is 23.1. The van der Waals surface area contributed by atoms with Crippen LogP contribution in [0.4, 0.5) is 5.13 Å². The lowest BCUT2D eigenvalue weighted by atomic mass is 10.0. The van der Waals surface area contributed by atoms with E-state index < -0.39 is 0 Å². The molecule has 0 N–H and O–H groups in total. The Bertz CT molecular complexity index is 987. The summed E-state index contributed by atoms with van der Waals surface area (Å²) in [7, 11) is 5.66. The van der Waals surface area contributed by atoms with E-state index in [2.05, 4.69) is 30.9 Å². The van der Waals surface area contributed by atoms with Crippen LogP contribution in [0.15, 0.2) is 36.4 Å². The Kier molecular flexibility index (Phi) is 8.02. The van der Waals surface area contributed by atoms with Gasteiger partial charge in [-0.15, -0.1) is 12.4 Å². The number of hydrogen-bond acceptors (Lipinski definition) is 5. The Morgan fingerprint density at radius 3 is 2.52 bits per heavy atom. The van der Waals surface area contributed by atoms with Gasteiger partial charge in [-0.25, -0.2) is 4.98 Å². The van der Waals surface area contributed by atoms with Gasteiger partial charge in [-0.2, -0.15) is 0 Å². The molecule has 7 heteroatoms. The summed E-state index contributed by atoms with van der Waals surface area (Å²) < 4.78 is 6.45. The number of likely N-dealkylation sites (N-methyl/N-ethyl adjacent to an activating group) is 1. The zero-order chi connectivity index (χ0) is 20.3. The lowest BCUT2D eigenvalue weighted by molar-refractivity contribution is -0.118. The first-order valence-electron chi connectivity index (χ1n) is 9.34. The lowest BCUT2D eigenvalue weighted by Gasteiger charge is -2.22. The Morgan fingerprint density at radius 1 is 1.10 bits per heavy atom. The number of hydrogen-bond donors (Lipinski definition) is 0. The summed E-state index contributed by atoms with van der Waals surface area (Å²) in [5.41, 5.74) is 4.27. The van der Waals surface area contributed by atoms with Crippen LogP contribution in [0.25, 0.3) is 10.2 Å². The fraction of sp³-hybridized carbons (Fsp3) is 0.364. The van der Waals surface area contributed by atoms with Gasteiger partial charge >= 0.3 is 0 Å². The second kappa shape index (κ2) is 10.1. The van der Waals surface area contributed by atoms with Crippen molar-refractivity contribution in [3.05, 3.63) is 53.1 Å². The quantitative estimate of drug-likeness (QED) is 0.551. The number of benzene rings is 2. The number of thiazole rings is 1. The van der Waals surface area contributed by atoms with Crippen molar-refractivity contribution in [2.45, 2.75) is 20.3 Å². The van der Waals surface area contributed by atoms with E-state index in [0.29, 0.717) is 13.0 Å². The second-order valence-corrected chi connectivity index (χ2v) is 8.26. The molecular weight excluding hydrogens is 406 g/mol. The maximum atomic E-state index is 13.2. The van der Waals surface area contributed by atoms with E-state index in [1.807, 2.05) is 38.4 Å². The van der Waals surface area contributed by atoms with Gasteiger partial charge in [0.1, 0.15) is 11.3 Å². The average molecular weight is 434 g/mol. The number of ether oxygens (including phenoxy) is 1. The molecule has 5 nitrogen and oxygen atoms in total. The largest absolute Gasteiger partial charge is 0.494 e. The van der Waals surface area contributed by atoms with Gasteiger partial charge in [0, 0.05) is 13.1 Å². The normalized spacial score (nSPS) is 10.8. The Morgan fingerprint density at radius 2 is 1.86 bits per heavy atom. The summed E-state index contributed by atoms with van der Waals surface area (Å²) in [6, 6.07) is 12.1. The molecule has 0 aliphatic heterocycles. The molecular formula is C22H28ClN3O2S. The molecule has 29 heavy (non-hydrogen) atoms. The van der Waals surface area contributed by atoms with Crippen LogP contribution in [0.3, 0.4) is 0 Å². The topological polar surface area (TPSA) is 45.7 Å². The zero-order valence-electron chi connectivity index (χ0n) is 17.6. The lowest BCUT2D eigenvalue weighted by Crippen LogP contribution is -2.37. The molecule has 0 aliphatic rings. The zero-order valence-corrected chi connectivity index (χ0v) is 19.2. The minimum absolute atomic E-state index is 0. The molecule has 156 valence electrons. The van der Waals surface area contributed by atoms with Gasteiger partial charge in [0.25, 0.3) is 0 Å². The smallest absolute Gasteiger partial charge is 0.233 e. The van der Waals surface area contributed by atoms with Gasteiger partial charge in [-0.05, 0) is 56.8 Å². The van der Waals surface area contributed by atoms with Crippen molar-refractivity contribution in [3.63, 3.8) is 0 Å². The average Bonchev–Trinajstić information content (AvgIpc) is 3.08. The Balaban J connectivity index is 0.00000300. The van der Waals surface area contributed by atoms with Crippen LogP contribution < -0.4 is 9.64 Å². The highest BCUT2D eigenvalue weighted by atomic mass is 35.5. The van der Waals surface area contributed by atoms with E-state index in [0.717, 1.165) is 33.2 Å². The molecule has 0 unspecified atom stereocenters. The van der Waals surface area contributed by atoms with Gasteiger partial charge < -0.3 is 9.64 Å². The van der Waals surface area contributed by atoms with E-state index in [1.165, 1.54) is 22.5 Å². The van der Waals surface area contributed by atoms with E-state index in [1.54, 1.807) is 12.0 Å². The molecule has 0 radical (unpaired) electrons. The third-order valence-corrected chi connectivity index (χ3v) is 5.86. The number of amides is 1. The predicted molar refractivity (Wildman–Crippen MR) is 124 cm³/mol. The predicted octanol–water partition coefficient (Wildman–Crippen LogP) is 4.48. The number of carbonyl (C=O) groups is 1. The summed E-state index contributed by atoms with van der Waals surface area (Å²) in [5, 5.41) is 0.718. The highest BCUT2D eigenvalue weighted by Gasteiger charge is 2.21. The monoisotopic (exact) mass is 433 g/mol. The van der Waals surface area contributed by atoms with Crippen LogP contribution >= 0.6 is 23.7 Å². The highest BCUT2D eigenvalue weighted by molar-refractivity contribution is 7.22. The van der Waals surface area contributed by atoms with Crippen LogP contribution in [-0.2, 0) is 11.2 Å². The van der Waals surface area contributed by atoms with Gasteiger partial charge in [-0.1, -0.05) is 35.6 Å². The SMILES string of the molecule is COc1cccc2sc(N(CCN(C)C)C(=O)Cc3ccc(C)c(C)c3)nc12.Cl. The van der Waals surface area contributed by atoms with Crippen LogP contribution in [0.5, 0.6) is 5.75 Å². The molecule has 0 spiro atoms. The number of fused-ring (bicyclic) bond motifs is 1. The molecule has 0 bridgehead atoms. The molecule has 2 aromatic carbocycles. The highest BCUT2D eigenvalue weighted by Crippen LogP contribution is 2.34. The maximum absolute atomic E-state index is 13.2. The fourth-order valence-electron chi connectivity index (χ4n) is 3.00. The van der Waals surface area contributed by atoms with Crippen LogP contribution in [0.2, 0.25) is 0 Å². The van der Waals surface area contributed by atoms with Gasteiger partial charge in [0.05, 0.1) is 18.2 Å². The van der Waals surface area contributed by atoms with Crippen LogP contribution in [0, 0.1) is 13.8 Å². The molecule has 1 aromatic heterocycles. The Hall–Kier alpha value is -2.15. The van der Waals surface area contributed by atoms with Crippen molar-refractivity contribution in [2.24, 2.45) is 0 Å². The van der Waals surface area contributed by atoms with Crippen molar-refractivity contribution in [2.75, 3.05) is 39.2 Å². The fourth-order valence-corrected chi connectivity index (χ4v) is 4.03. The van der Waals surface area contributed by atoms with Crippen LogP contribution in [0.1, 0.15) is 16.7 Å². The minimum Gasteiger partial charge on any atom is -0.494 e. The number of aryl methyl sites for hydroxylation is 2. The van der Waals surface area contributed by atoms with Crippen LogP contribution in [-0.4, -0.2) is 50.1 Å². The molecule has 1 amide bonds. The summed E-state index contributed by atoms with van der Waals surface area (Å²) in [5.74, 6) is 0.789. The Labute approximate surface area is 182 Å². The molecule has 3 rings (SSSR count). The number of rotatable bonds is 7.